The first-order chi connectivity index (χ1) is 15.5. The van der Waals surface area contributed by atoms with E-state index in [1.807, 2.05) is 84.3 Å². The van der Waals surface area contributed by atoms with E-state index in [1.54, 1.807) is 0 Å². The van der Waals surface area contributed by atoms with Crippen LogP contribution in [0.3, 0.4) is 0 Å². The van der Waals surface area contributed by atoms with E-state index < -0.39 is 0 Å². The van der Waals surface area contributed by atoms with Gasteiger partial charge >= 0.3 is 0 Å². The molecule has 0 aliphatic carbocycles. The van der Waals surface area contributed by atoms with Crippen LogP contribution in [0.2, 0.25) is 0 Å². The quantitative estimate of drug-likeness (QED) is 0.509. The summed E-state index contributed by atoms with van der Waals surface area (Å²) in [6.45, 7) is 9.62. The van der Waals surface area contributed by atoms with Gasteiger partial charge in [0.05, 0.1) is 0 Å². The van der Waals surface area contributed by atoms with Crippen LogP contribution in [-0.2, 0) is 6.54 Å². The number of amides is 1. The molecule has 0 aliphatic rings. The molecule has 3 rings (SSSR count). The molecule has 0 bridgehead atoms. The van der Waals surface area contributed by atoms with E-state index >= 15 is 0 Å². The number of likely N-dealkylation sites (N-methyl/N-ethyl adjacent to an activating group) is 1. The van der Waals surface area contributed by atoms with Crippen molar-refractivity contribution in [2.45, 2.75) is 34.2 Å². The molecule has 0 fully saturated rings. The number of carbonyl (C=O) groups excluding carboxylic acids is 1. The van der Waals surface area contributed by atoms with Crippen LogP contribution in [0.1, 0.15) is 47.8 Å². The molecule has 0 saturated heterocycles. The third kappa shape index (κ3) is 6.60. The Morgan fingerprint density at radius 1 is 1.03 bits per heavy atom. The second kappa shape index (κ2) is 12.5. The Morgan fingerprint density at radius 3 is 2.44 bits per heavy atom. The number of hydrogen-bond donors (Lipinski definition) is 1. The summed E-state index contributed by atoms with van der Waals surface area (Å²) >= 11 is 0. The highest BCUT2D eigenvalue weighted by Crippen LogP contribution is 2.23. The molecular weight excluding hydrogens is 396 g/mol. The van der Waals surface area contributed by atoms with Crippen molar-refractivity contribution < 1.29 is 9.53 Å². The number of carbonyl (C=O) groups is 1. The minimum Gasteiger partial charge on any atom is -0.492 e. The molecule has 0 spiro atoms. The number of benzene rings is 3. The number of nitrogens with one attached hydrogen (secondary N) is 1. The third-order valence-electron chi connectivity index (χ3n) is 4.97. The number of aryl methyl sites for hydroxylation is 1. The lowest BCUT2D eigenvalue weighted by atomic mass is 9.99. The van der Waals surface area contributed by atoms with Crippen LogP contribution in [0.4, 0.5) is 0 Å². The van der Waals surface area contributed by atoms with E-state index in [-0.39, 0.29) is 5.91 Å². The molecule has 0 heterocycles. The minimum absolute atomic E-state index is 0.105. The van der Waals surface area contributed by atoms with Gasteiger partial charge in [0.25, 0.3) is 5.91 Å². The lowest BCUT2D eigenvalue weighted by Crippen LogP contribution is -2.24. The summed E-state index contributed by atoms with van der Waals surface area (Å²) < 4.78 is 5.78. The van der Waals surface area contributed by atoms with Crippen molar-refractivity contribution in [2.75, 3.05) is 27.2 Å². The smallest absolute Gasteiger partial charge is 0.251 e. The van der Waals surface area contributed by atoms with Gasteiger partial charge in [-0.3, -0.25) is 4.79 Å². The van der Waals surface area contributed by atoms with Crippen molar-refractivity contribution in [3.8, 4) is 17.6 Å². The first-order valence-corrected chi connectivity index (χ1v) is 11.1. The van der Waals surface area contributed by atoms with E-state index in [1.165, 1.54) is 0 Å². The zero-order valence-electron chi connectivity index (χ0n) is 20.1. The Hall–Kier alpha value is -3.29. The average molecular weight is 431 g/mol. The van der Waals surface area contributed by atoms with Gasteiger partial charge in [0, 0.05) is 24.2 Å². The highest BCUT2D eigenvalue weighted by atomic mass is 16.5. The molecule has 3 aromatic carbocycles. The summed E-state index contributed by atoms with van der Waals surface area (Å²) in [6, 6.07) is 17.9. The summed E-state index contributed by atoms with van der Waals surface area (Å²) in [5, 5.41) is 5.27. The number of hydrogen-bond acceptors (Lipinski definition) is 3. The first-order valence-electron chi connectivity index (χ1n) is 11.1. The maximum absolute atomic E-state index is 12.9. The van der Waals surface area contributed by atoms with Gasteiger partial charge in [0.15, 0.2) is 0 Å². The number of ether oxygens (including phenoxy) is 1. The molecular formula is C28H34N2O2. The van der Waals surface area contributed by atoms with Crippen molar-refractivity contribution in [2.24, 2.45) is 0 Å². The van der Waals surface area contributed by atoms with Crippen LogP contribution >= 0.6 is 0 Å². The third-order valence-corrected chi connectivity index (χ3v) is 4.97. The Morgan fingerprint density at radius 2 is 1.75 bits per heavy atom. The Bertz CT molecular complexity index is 1110. The molecule has 0 aliphatic heterocycles. The van der Waals surface area contributed by atoms with Gasteiger partial charge in [-0.15, -0.1) is 5.92 Å². The predicted octanol–water partition coefficient (Wildman–Crippen LogP) is 5.42. The van der Waals surface area contributed by atoms with Gasteiger partial charge in [-0.25, -0.2) is 0 Å². The largest absolute Gasteiger partial charge is 0.492 e. The monoisotopic (exact) mass is 430 g/mol. The van der Waals surface area contributed by atoms with E-state index in [4.69, 9.17) is 4.74 Å². The molecule has 0 atom stereocenters. The lowest BCUT2D eigenvalue weighted by molar-refractivity contribution is 0.0950. The number of fused-ring (bicyclic) bond motifs is 1. The van der Waals surface area contributed by atoms with E-state index in [0.717, 1.165) is 34.0 Å². The standard InChI is InChI=1S/C26H28N2O2.C2H6/c1-5-8-20-12-13-21(24-10-7-6-9-23(20)24)18-27-26(29)25-17-22(14-11-19(25)2)30-16-15-28(3)4;1-2/h6-7,9-14,17H,15-16,18H2,1-4H3,(H,27,29);1-2H3. The summed E-state index contributed by atoms with van der Waals surface area (Å²) in [5.74, 6) is 6.72. The Kier molecular flexibility index (Phi) is 9.78. The van der Waals surface area contributed by atoms with Crippen molar-refractivity contribution in [1.29, 1.82) is 0 Å². The lowest BCUT2D eigenvalue weighted by Gasteiger charge is -2.14. The summed E-state index contributed by atoms with van der Waals surface area (Å²) in [6.07, 6.45) is 0. The van der Waals surface area contributed by atoms with Crippen LogP contribution < -0.4 is 10.1 Å². The van der Waals surface area contributed by atoms with E-state index in [2.05, 4.69) is 34.2 Å². The molecule has 1 amide bonds. The topological polar surface area (TPSA) is 41.6 Å². The normalized spacial score (nSPS) is 10.1. The van der Waals surface area contributed by atoms with Gasteiger partial charge in [-0.2, -0.15) is 0 Å². The molecule has 1 N–H and O–H groups in total. The molecule has 0 unspecified atom stereocenters. The average Bonchev–Trinajstić information content (AvgIpc) is 2.80. The zero-order chi connectivity index (χ0) is 23.5. The Labute approximate surface area is 192 Å². The van der Waals surface area contributed by atoms with Crippen molar-refractivity contribution in [1.82, 2.24) is 10.2 Å². The minimum atomic E-state index is -0.105. The van der Waals surface area contributed by atoms with Crippen molar-refractivity contribution in [3.05, 3.63) is 76.9 Å². The van der Waals surface area contributed by atoms with Crippen LogP contribution in [0.25, 0.3) is 10.8 Å². The van der Waals surface area contributed by atoms with Crippen LogP contribution in [-0.4, -0.2) is 38.1 Å². The highest BCUT2D eigenvalue weighted by Gasteiger charge is 2.12. The van der Waals surface area contributed by atoms with Gasteiger partial charge in [0.2, 0.25) is 0 Å². The van der Waals surface area contributed by atoms with Crippen molar-refractivity contribution >= 4 is 16.7 Å². The molecule has 4 nitrogen and oxygen atoms in total. The van der Waals surface area contributed by atoms with E-state index in [0.29, 0.717) is 24.5 Å². The van der Waals surface area contributed by atoms with Crippen LogP contribution in [0.15, 0.2) is 54.6 Å². The zero-order valence-corrected chi connectivity index (χ0v) is 20.1. The Balaban J connectivity index is 0.00000176. The first kappa shape index (κ1) is 25.0. The molecule has 168 valence electrons. The highest BCUT2D eigenvalue weighted by molar-refractivity contribution is 5.96. The number of rotatable bonds is 7. The predicted molar refractivity (Wildman–Crippen MR) is 134 cm³/mol. The molecule has 0 aromatic heterocycles. The SMILES string of the molecule is CC.CC#Cc1ccc(CNC(=O)c2cc(OCCN(C)C)ccc2C)c2ccccc12. The molecule has 0 saturated carbocycles. The summed E-state index contributed by atoms with van der Waals surface area (Å²) in [4.78, 5) is 14.9. The molecule has 0 radical (unpaired) electrons. The van der Waals surface area contributed by atoms with Crippen LogP contribution in [0, 0.1) is 18.8 Å². The van der Waals surface area contributed by atoms with Gasteiger partial charge < -0.3 is 15.0 Å². The van der Waals surface area contributed by atoms with Crippen LogP contribution in [0.5, 0.6) is 5.75 Å². The molecule has 3 aromatic rings. The molecule has 4 heteroatoms. The maximum atomic E-state index is 12.9. The summed E-state index contributed by atoms with van der Waals surface area (Å²) in [7, 11) is 4.00. The second-order valence-electron chi connectivity index (χ2n) is 7.50. The van der Waals surface area contributed by atoms with Gasteiger partial charge in [-0.1, -0.05) is 56.2 Å². The fraction of sp³-hybridized carbons (Fsp3) is 0.321. The summed E-state index contributed by atoms with van der Waals surface area (Å²) in [5.41, 5.74) is 3.62. The maximum Gasteiger partial charge on any atom is 0.251 e. The number of nitrogens with zero attached hydrogens (tertiary/aromatic N) is 1. The van der Waals surface area contributed by atoms with Gasteiger partial charge in [0.1, 0.15) is 12.4 Å². The van der Waals surface area contributed by atoms with Crippen molar-refractivity contribution in [3.63, 3.8) is 0 Å². The van der Waals surface area contributed by atoms with Gasteiger partial charge in [-0.05, 0) is 68.0 Å². The second-order valence-corrected chi connectivity index (χ2v) is 7.50. The molecule has 32 heavy (non-hydrogen) atoms. The van der Waals surface area contributed by atoms with E-state index in [9.17, 15) is 4.79 Å². The fourth-order valence-corrected chi connectivity index (χ4v) is 3.31. The fourth-order valence-electron chi connectivity index (χ4n) is 3.31.